The van der Waals surface area contributed by atoms with E-state index in [-0.39, 0.29) is 5.75 Å². The molecule has 0 aliphatic rings. The SMILES string of the molecule is CCCCS(=O)(=O)Nc1ccc(Nc2ccccc2Cl)cc1. The first kappa shape index (κ1) is 16.6. The number of anilines is 3. The number of hydrogen-bond donors (Lipinski definition) is 2. The van der Waals surface area contributed by atoms with Crippen LogP contribution in [0, 0.1) is 0 Å². The van der Waals surface area contributed by atoms with E-state index in [1.165, 1.54) is 0 Å². The lowest BCUT2D eigenvalue weighted by Gasteiger charge is -2.10. The zero-order valence-corrected chi connectivity index (χ0v) is 13.9. The Morgan fingerprint density at radius 3 is 2.27 bits per heavy atom. The summed E-state index contributed by atoms with van der Waals surface area (Å²) in [6, 6.07) is 14.5. The largest absolute Gasteiger partial charge is 0.354 e. The topological polar surface area (TPSA) is 58.2 Å². The molecule has 2 aromatic rings. The molecule has 0 fully saturated rings. The van der Waals surface area contributed by atoms with Gasteiger partial charge >= 0.3 is 0 Å². The summed E-state index contributed by atoms with van der Waals surface area (Å²) in [5.74, 6) is 0.142. The summed E-state index contributed by atoms with van der Waals surface area (Å²) in [7, 11) is -3.27. The van der Waals surface area contributed by atoms with Crippen molar-refractivity contribution in [2.24, 2.45) is 0 Å². The Morgan fingerprint density at radius 1 is 1.00 bits per heavy atom. The van der Waals surface area contributed by atoms with E-state index in [9.17, 15) is 8.42 Å². The molecule has 2 N–H and O–H groups in total. The normalized spacial score (nSPS) is 11.2. The van der Waals surface area contributed by atoms with Gasteiger partial charge in [0.25, 0.3) is 0 Å². The first-order chi connectivity index (χ1) is 10.5. The summed E-state index contributed by atoms with van der Waals surface area (Å²) in [6.07, 6.45) is 1.50. The molecule has 0 aromatic heterocycles. The zero-order chi connectivity index (χ0) is 16.0. The monoisotopic (exact) mass is 338 g/mol. The highest BCUT2D eigenvalue weighted by atomic mass is 35.5. The molecule has 0 aliphatic heterocycles. The maximum absolute atomic E-state index is 11.8. The molecule has 0 radical (unpaired) electrons. The van der Waals surface area contributed by atoms with E-state index in [1.807, 2.05) is 25.1 Å². The number of nitrogens with one attached hydrogen (secondary N) is 2. The van der Waals surface area contributed by atoms with Crippen LogP contribution in [0.3, 0.4) is 0 Å². The van der Waals surface area contributed by atoms with Gasteiger partial charge in [-0.3, -0.25) is 4.72 Å². The van der Waals surface area contributed by atoms with Gasteiger partial charge in [0.1, 0.15) is 0 Å². The van der Waals surface area contributed by atoms with Crippen LogP contribution < -0.4 is 10.0 Å². The molecule has 6 heteroatoms. The number of sulfonamides is 1. The summed E-state index contributed by atoms with van der Waals surface area (Å²) in [5.41, 5.74) is 2.20. The van der Waals surface area contributed by atoms with Gasteiger partial charge in [0.15, 0.2) is 0 Å². The molecular formula is C16H19ClN2O2S. The standard InChI is InChI=1S/C16H19ClN2O2S/c1-2-3-12-22(20,21)19-14-10-8-13(9-11-14)18-16-7-5-4-6-15(16)17/h4-11,18-19H,2-3,12H2,1H3. The molecule has 2 rings (SSSR count). The van der Waals surface area contributed by atoms with Gasteiger partial charge in [-0.05, 0) is 42.8 Å². The fraction of sp³-hybridized carbons (Fsp3) is 0.250. The minimum atomic E-state index is -3.27. The van der Waals surface area contributed by atoms with Gasteiger partial charge in [-0.15, -0.1) is 0 Å². The van der Waals surface area contributed by atoms with Crippen LogP contribution in [0.5, 0.6) is 0 Å². The average Bonchev–Trinajstić information content (AvgIpc) is 2.49. The van der Waals surface area contributed by atoms with E-state index in [0.717, 1.165) is 17.8 Å². The van der Waals surface area contributed by atoms with E-state index in [0.29, 0.717) is 17.1 Å². The van der Waals surface area contributed by atoms with Crippen LogP contribution in [0.15, 0.2) is 48.5 Å². The van der Waals surface area contributed by atoms with Gasteiger partial charge in [0.2, 0.25) is 10.0 Å². The number of rotatable bonds is 7. The van der Waals surface area contributed by atoms with E-state index >= 15 is 0 Å². The summed E-state index contributed by atoms with van der Waals surface area (Å²) in [6.45, 7) is 1.96. The summed E-state index contributed by atoms with van der Waals surface area (Å²) in [5, 5.41) is 3.82. The second kappa shape index (κ2) is 7.51. The molecule has 0 atom stereocenters. The summed E-state index contributed by atoms with van der Waals surface area (Å²) >= 11 is 6.09. The quantitative estimate of drug-likeness (QED) is 0.774. The van der Waals surface area contributed by atoms with E-state index in [4.69, 9.17) is 11.6 Å². The smallest absolute Gasteiger partial charge is 0.232 e. The Bertz CT molecular complexity index is 715. The van der Waals surface area contributed by atoms with Crippen molar-refractivity contribution in [3.05, 3.63) is 53.6 Å². The summed E-state index contributed by atoms with van der Waals surface area (Å²) in [4.78, 5) is 0. The van der Waals surface area contributed by atoms with Crippen LogP contribution in [-0.2, 0) is 10.0 Å². The fourth-order valence-corrected chi connectivity index (χ4v) is 3.35. The van der Waals surface area contributed by atoms with Gasteiger partial charge < -0.3 is 5.32 Å². The maximum Gasteiger partial charge on any atom is 0.232 e. The van der Waals surface area contributed by atoms with Crippen LogP contribution in [0.4, 0.5) is 17.1 Å². The third-order valence-corrected chi connectivity index (χ3v) is 4.78. The Labute approximate surface area is 136 Å². The Balaban J connectivity index is 2.03. The Morgan fingerprint density at radius 2 is 1.64 bits per heavy atom. The van der Waals surface area contributed by atoms with Crippen LogP contribution in [0.25, 0.3) is 0 Å². The molecule has 0 saturated heterocycles. The second-order valence-corrected chi connectivity index (χ2v) is 7.21. The molecule has 0 saturated carbocycles. The van der Waals surface area contributed by atoms with Crippen molar-refractivity contribution >= 4 is 38.7 Å². The van der Waals surface area contributed by atoms with Crippen molar-refractivity contribution in [2.75, 3.05) is 15.8 Å². The Kier molecular flexibility index (Phi) is 5.69. The van der Waals surface area contributed by atoms with Crippen LogP contribution in [0.1, 0.15) is 19.8 Å². The molecule has 0 bridgehead atoms. The predicted molar refractivity (Wildman–Crippen MR) is 93.5 cm³/mol. The minimum absolute atomic E-state index is 0.142. The lowest BCUT2D eigenvalue weighted by molar-refractivity contribution is 0.598. The minimum Gasteiger partial charge on any atom is -0.354 e. The third-order valence-electron chi connectivity index (χ3n) is 3.08. The van der Waals surface area contributed by atoms with Crippen molar-refractivity contribution in [1.29, 1.82) is 0 Å². The lowest BCUT2D eigenvalue weighted by Crippen LogP contribution is -2.16. The van der Waals surface area contributed by atoms with Crippen molar-refractivity contribution in [2.45, 2.75) is 19.8 Å². The highest BCUT2D eigenvalue weighted by Crippen LogP contribution is 2.25. The van der Waals surface area contributed by atoms with E-state index in [1.54, 1.807) is 30.3 Å². The van der Waals surface area contributed by atoms with Crippen molar-refractivity contribution in [3.63, 3.8) is 0 Å². The molecule has 0 spiro atoms. The fourth-order valence-electron chi connectivity index (χ4n) is 1.90. The molecule has 4 nitrogen and oxygen atoms in total. The van der Waals surface area contributed by atoms with Crippen LogP contribution in [-0.4, -0.2) is 14.2 Å². The van der Waals surface area contributed by atoms with E-state index in [2.05, 4.69) is 10.0 Å². The number of para-hydroxylation sites is 1. The molecule has 0 heterocycles. The number of hydrogen-bond acceptors (Lipinski definition) is 3. The summed E-state index contributed by atoms with van der Waals surface area (Å²) < 4.78 is 26.2. The van der Waals surface area contributed by atoms with Gasteiger partial charge in [0.05, 0.1) is 16.5 Å². The predicted octanol–water partition coefficient (Wildman–Crippen LogP) is 4.63. The number of halogens is 1. The molecule has 0 amide bonds. The lowest BCUT2D eigenvalue weighted by atomic mass is 10.2. The molecular weight excluding hydrogens is 320 g/mol. The van der Waals surface area contributed by atoms with Gasteiger partial charge in [-0.2, -0.15) is 0 Å². The highest BCUT2D eigenvalue weighted by molar-refractivity contribution is 7.92. The number of unbranched alkanes of at least 4 members (excludes halogenated alkanes) is 1. The first-order valence-corrected chi connectivity index (χ1v) is 9.15. The van der Waals surface area contributed by atoms with Gasteiger partial charge in [0, 0.05) is 11.4 Å². The van der Waals surface area contributed by atoms with Crippen molar-refractivity contribution in [1.82, 2.24) is 0 Å². The molecule has 2 aromatic carbocycles. The van der Waals surface area contributed by atoms with Gasteiger partial charge in [-0.1, -0.05) is 37.1 Å². The highest BCUT2D eigenvalue weighted by Gasteiger charge is 2.09. The van der Waals surface area contributed by atoms with Gasteiger partial charge in [-0.25, -0.2) is 8.42 Å². The average molecular weight is 339 g/mol. The molecule has 22 heavy (non-hydrogen) atoms. The number of benzene rings is 2. The van der Waals surface area contributed by atoms with Crippen LogP contribution in [0.2, 0.25) is 5.02 Å². The Hall–Kier alpha value is -1.72. The van der Waals surface area contributed by atoms with E-state index < -0.39 is 10.0 Å². The molecule has 118 valence electrons. The van der Waals surface area contributed by atoms with Crippen LogP contribution >= 0.6 is 11.6 Å². The molecule has 0 aliphatic carbocycles. The first-order valence-electron chi connectivity index (χ1n) is 7.12. The zero-order valence-electron chi connectivity index (χ0n) is 12.3. The second-order valence-electron chi connectivity index (χ2n) is 4.96. The maximum atomic E-state index is 11.8. The van der Waals surface area contributed by atoms with Crippen molar-refractivity contribution in [3.8, 4) is 0 Å². The molecule has 0 unspecified atom stereocenters. The third kappa shape index (κ3) is 4.93. The van der Waals surface area contributed by atoms with Crippen molar-refractivity contribution < 1.29 is 8.42 Å².